The van der Waals surface area contributed by atoms with E-state index in [4.69, 9.17) is 0 Å². The van der Waals surface area contributed by atoms with Gasteiger partial charge in [0.15, 0.2) is 0 Å². The Morgan fingerprint density at radius 2 is 1.47 bits per heavy atom. The summed E-state index contributed by atoms with van der Waals surface area (Å²) in [6, 6.07) is 22.3. The Bertz CT molecular complexity index is 1180. The van der Waals surface area contributed by atoms with Crippen molar-refractivity contribution in [2.75, 3.05) is 0 Å². The van der Waals surface area contributed by atoms with Crippen molar-refractivity contribution < 1.29 is 27.2 Å². The van der Waals surface area contributed by atoms with Crippen molar-refractivity contribution in [2.24, 2.45) is 0 Å². The minimum absolute atomic E-state index is 0.124. The second kappa shape index (κ2) is 9.82. The summed E-state index contributed by atoms with van der Waals surface area (Å²) < 4.78 is 52.9. The molecule has 3 nitrogen and oxygen atoms in total. The van der Waals surface area contributed by atoms with Crippen molar-refractivity contribution in [1.82, 2.24) is 5.32 Å². The molecule has 0 unspecified atom stereocenters. The van der Waals surface area contributed by atoms with Gasteiger partial charge in [-0.2, -0.15) is 13.2 Å². The smallest absolute Gasteiger partial charge is 0.424 e. The molecule has 2 N–H and O–H groups in total. The van der Waals surface area contributed by atoms with Crippen LogP contribution in [0.25, 0.3) is 0 Å². The molecule has 1 aliphatic rings. The fourth-order valence-corrected chi connectivity index (χ4v) is 9.36. The number of carbonyl (C=O) groups is 1. The Kier molecular flexibility index (Phi) is 7.12. The molecule has 3 aromatic rings. The number of hydrogen-bond donors (Lipinski definition) is 2. The molecule has 36 heavy (non-hydrogen) atoms. The lowest BCUT2D eigenvalue weighted by molar-refractivity contribution is -0.174. The summed E-state index contributed by atoms with van der Waals surface area (Å²) in [5, 5.41) is 3.18. The van der Waals surface area contributed by atoms with Crippen LogP contribution in [0.4, 0.5) is 17.6 Å². The topological polar surface area (TPSA) is 49.3 Å². The van der Waals surface area contributed by atoms with Gasteiger partial charge in [-0.15, -0.1) is 0 Å². The fraction of sp³-hybridized carbons (Fsp3) is 0.321. The quantitative estimate of drug-likeness (QED) is 0.344. The van der Waals surface area contributed by atoms with Crippen molar-refractivity contribution in [2.45, 2.75) is 56.3 Å². The number of halogens is 4. The van der Waals surface area contributed by atoms with Crippen LogP contribution in [0.15, 0.2) is 78.9 Å². The van der Waals surface area contributed by atoms with E-state index in [1.54, 1.807) is 6.07 Å². The molecule has 8 heteroatoms. The second-order valence-corrected chi connectivity index (χ2v) is 14.0. The number of benzene rings is 3. The first-order chi connectivity index (χ1) is 16.9. The van der Waals surface area contributed by atoms with Crippen LogP contribution in [0.1, 0.15) is 56.2 Å². The molecule has 0 fully saturated rings. The summed E-state index contributed by atoms with van der Waals surface area (Å²) in [6.45, 7) is 4.06. The van der Waals surface area contributed by atoms with Gasteiger partial charge in [-0.3, -0.25) is 4.79 Å². The number of rotatable bonds is 6. The maximum atomic E-state index is 14.2. The average molecular weight is 516 g/mol. The number of carbonyl (C=O) groups excluding carboxylic acids is 1. The van der Waals surface area contributed by atoms with Crippen molar-refractivity contribution in [3.05, 3.63) is 95.8 Å². The van der Waals surface area contributed by atoms with E-state index in [1.807, 2.05) is 79.8 Å². The van der Waals surface area contributed by atoms with Gasteiger partial charge in [0.05, 0.1) is 6.04 Å². The van der Waals surface area contributed by atoms with Crippen LogP contribution in [-0.4, -0.2) is 25.2 Å². The van der Waals surface area contributed by atoms with Crippen LogP contribution in [0.3, 0.4) is 0 Å². The van der Waals surface area contributed by atoms with Crippen molar-refractivity contribution in [1.29, 1.82) is 0 Å². The number of nitrogens with one attached hydrogen (secondary N) is 1. The zero-order valence-corrected chi connectivity index (χ0v) is 21.1. The number of hydrogen-bond acceptors (Lipinski definition) is 2. The largest absolute Gasteiger partial charge is 0.471 e. The molecule has 0 saturated heterocycles. The van der Waals surface area contributed by atoms with Crippen molar-refractivity contribution in [3.8, 4) is 0 Å². The predicted molar refractivity (Wildman–Crippen MR) is 134 cm³/mol. The molecule has 0 radical (unpaired) electrons. The van der Waals surface area contributed by atoms with Gasteiger partial charge >= 0.3 is 12.1 Å². The van der Waals surface area contributed by atoms with Gasteiger partial charge in [0.1, 0.15) is 5.82 Å². The SMILES string of the molecule is CC(C)(C[C@@H]1CC[C@@H](NC(=O)C(F)(F)F)c2cc(F)ccc21)[Si](O)(c1ccccc1)c1ccccc1. The number of alkyl halides is 3. The highest BCUT2D eigenvalue weighted by molar-refractivity contribution is 6.98. The monoisotopic (exact) mass is 515 g/mol. The van der Waals surface area contributed by atoms with Crippen LogP contribution >= 0.6 is 0 Å². The fourth-order valence-electron chi connectivity index (χ4n) is 5.57. The van der Waals surface area contributed by atoms with Gasteiger partial charge in [-0.05, 0) is 63.9 Å². The summed E-state index contributed by atoms with van der Waals surface area (Å²) in [7, 11) is -3.31. The van der Waals surface area contributed by atoms with E-state index in [0.717, 1.165) is 10.4 Å². The zero-order chi connectivity index (χ0) is 26.1. The highest BCUT2D eigenvalue weighted by Gasteiger charge is 2.51. The first kappa shape index (κ1) is 26.1. The normalized spacial score (nSPS) is 18.4. The van der Waals surface area contributed by atoms with E-state index in [9.17, 15) is 27.2 Å². The third-order valence-electron chi connectivity index (χ3n) is 7.35. The van der Waals surface area contributed by atoms with Crippen LogP contribution in [-0.2, 0) is 4.79 Å². The first-order valence-electron chi connectivity index (χ1n) is 11.9. The third kappa shape index (κ3) is 4.97. The van der Waals surface area contributed by atoms with E-state index in [0.29, 0.717) is 24.0 Å². The molecular formula is C28H29F4NO2Si. The molecule has 0 aromatic heterocycles. The lowest BCUT2D eigenvalue weighted by atomic mass is 9.76. The van der Waals surface area contributed by atoms with Crippen LogP contribution in [0, 0.1) is 5.82 Å². The molecular weight excluding hydrogens is 486 g/mol. The average Bonchev–Trinajstić information content (AvgIpc) is 2.85. The molecule has 4 rings (SSSR count). The highest BCUT2D eigenvalue weighted by Crippen LogP contribution is 2.49. The number of fused-ring (bicyclic) bond motifs is 1. The lowest BCUT2D eigenvalue weighted by Gasteiger charge is -2.44. The van der Waals surface area contributed by atoms with Crippen LogP contribution < -0.4 is 15.7 Å². The minimum Gasteiger partial charge on any atom is -0.424 e. The van der Waals surface area contributed by atoms with E-state index in [1.165, 1.54) is 12.1 Å². The Morgan fingerprint density at radius 3 is 2.00 bits per heavy atom. The molecule has 1 amide bonds. The van der Waals surface area contributed by atoms with Gasteiger partial charge in [0.2, 0.25) is 0 Å². The molecule has 0 heterocycles. The summed E-state index contributed by atoms with van der Waals surface area (Å²) >= 11 is 0. The molecule has 0 aliphatic heterocycles. The molecule has 0 bridgehead atoms. The van der Waals surface area contributed by atoms with Crippen molar-refractivity contribution >= 4 is 24.6 Å². The summed E-state index contributed by atoms with van der Waals surface area (Å²) in [4.78, 5) is 24.1. The Hall–Kier alpha value is -2.97. The predicted octanol–water partition coefficient (Wildman–Crippen LogP) is 5.35. The van der Waals surface area contributed by atoms with Gasteiger partial charge in [-0.25, -0.2) is 4.39 Å². The van der Waals surface area contributed by atoms with E-state index < -0.39 is 37.3 Å². The van der Waals surface area contributed by atoms with Gasteiger partial charge < -0.3 is 10.1 Å². The van der Waals surface area contributed by atoms with Gasteiger partial charge in [0.25, 0.3) is 8.32 Å². The molecule has 2 atom stereocenters. The summed E-state index contributed by atoms with van der Waals surface area (Å²) in [5.74, 6) is -2.73. The molecule has 3 aromatic carbocycles. The first-order valence-corrected chi connectivity index (χ1v) is 13.9. The standard InChI is InChI=1S/C28H29F4NO2Si/c1-27(2,36(35,21-9-5-3-6-10-21)22-11-7-4-8-12-22)18-19-13-16-25(33-26(34)28(30,31)32)24-17-20(29)14-15-23(19)24/h3-12,14-15,17,19,25,35H,13,16,18H2,1-2H3,(H,33,34)/t19-,25+/m0/s1. The highest BCUT2D eigenvalue weighted by atomic mass is 28.4. The molecule has 0 spiro atoms. The maximum Gasteiger partial charge on any atom is 0.471 e. The second-order valence-electron chi connectivity index (χ2n) is 10.1. The molecule has 0 saturated carbocycles. The van der Waals surface area contributed by atoms with Crippen LogP contribution in [0.5, 0.6) is 0 Å². The van der Waals surface area contributed by atoms with Crippen LogP contribution in [0.2, 0.25) is 5.04 Å². The maximum absolute atomic E-state index is 14.2. The van der Waals surface area contributed by atoms with Crippen molar-refractivity contribution in [3.63, 3.8) is 0 Å². The Labute approximate surface area is 209 Å². The van der Waals surface area contributed by atoms with E-state index >= 15 is 0 Å². The minimum atomic E-state index is -5.01. The number of amides is 1. The van der Waals surface area contributed by atoms with Gasteiger partial charge in [0, 0.05) is 0 Å². The Balaban J connectivity index is 1.71. The summed E-state index contributed by atoms with van der Waals surface area (Å²) in [6.07, 6.45) is -3.73. The Morgan fingerprint density at radius 1 is 0.917 bits per heavy atom. The molecule has 1 aliphatic carbocycles. The van der Waals surface area contributed by atoms with E-state index in [-0.39, 0.29) is 12.3 Å². The third-order valence-corrected chi connectivity index (χ3v) is 11.9. The lowest BCUT2D eigenvalue weighted by Crippen LogP contribution is -2.65. The molecule has 190 valence electrons. The van der Waals surface area contributed by atoms with E-state index in [2.05, 4.69) is 0 Å². The van der Waals surface area contributed by atoms with Gasteiger partial charge in [-0.1, -0.05) is 80.6 Å². The zero-order valence-electron chi connectivity index (χ0n) is 20.1. The summed E-state index contributed by atoms with van der Waals surface area (Å²) in [5.41, 5.74) is 1.07.